The van der Waals surface area contributed by atoms with Crippen LogP contribution in [0.1, 0.15) is 0 Å². The molecule has 1 aromatic rings. The van der Waals surface area contributed by atoms with E-state index in [4.69, 9.17) is 10.5 Å². The van der Waals surface area contributed by atoms with Gasteiger partial charge >= 0.3 is 0 Å². The van der Waals surface area contributed by atoms with Crippen LogP contribution in [-0.2, 0) is 4.79 Å². The van der Waals surface area contributed by atoms with E-state index in [9.17, 15) is 9.18 Å². The second-order valence-corrected chi connectivity index (χ2v) is 3.26. The minimum Gasteiger partial charge on any atom is -0.484 e. The van der Waals surface area contributed by atoms with Crippen molar-refractivity contribution in [2.75, 3.05) is 26.4 Å². The topological polar surface area (TPSA) is 55.6 Å². The van der Waals surface area contributed by atoms with E-state index in [1.807, 2.05) is 0 Å². The van der Waals surface area contributed by atoms with Crippen molar-refractivity contribution in [3.05, 3.63) is 24.0 Å². The van der Waals surface area contributed by atoms with Crippen molar-refractivity contribution in [2.45, 2.75) is 0 Å². The molecule has 1 rings (SSSR count). The molecule has 0 atom stereocenters. The van der Waals surface area contributed by atoms with Crippen molar-refractivity contribution >= 4 is 11.6 Å². The molecule has 0 saturated carbocycles. The molecule has 1 aromatic carbocycles. The predicted octanol–water partition coefficient (Wildman–Crippen LogP) is 0.875. The molecular formula is C10H13FN2O2. The van der Waals surface area contributed by atoms with Gasteiger partial charge in [-0.15, -0.1) is 0 Å². The van der Waals surface area contributed by atoms with Gasteiger partial charge in [-0.25, -0.2) is 4.39 Å². The van der Waals surface area contributed by atoms with Crippen LogP contribution in [0.3, 0.4) is 0 Å². The fourth-order valence-electron chi connectivity index (χ4n) is 0.872. The van der Waals surface area contributed by atoms with Crippen molar-refractivity contribution in [1.82, 2.24) is 4.90 Å². The number of nitrogens with two attached hydrogens (primary N) is 1. The third kappa shape index (κ3) is 3.12. The Morgan fingerprint density at radius 1 is 1.53 bits per heavy atom. The SMILES string of the molecule is CN(C)C(=O)COc1ccc(N)c(F)c1. The predicted molar refractivity (Wildman–Crippen MR) is 55.0 cm³/mol. The summed E-state index contributed by atoms with van der Waals surface area (Å²) in [5.41, 5.74) is 5.34. The maximum atomic E-state index is 13.0. The van der Waals surface area contributed by atoms with Crippen molar-refractivity contribution in [3.63, 3.8) is 0 Å². The number of hydrogen-bond donors (Lipinski definition) is 1. The highest BCUT2D eigenvalue weighted by Crippen LogP contribution is 2.17. The van der Waals surface area contributed by atoms with Gasteiger partial charge in [-0.3, -0.25) is 4.79 Å². The van der Waals surface area contributed by atoms with Gasteiger partial charge in [0.2, 0.25) is 0 Å². The Labute approximate surface area is 87.4 Å². The molecule has 0 bridgehead atoms. The molecule has 0 radical (unpaired) electrons. The summed E-state index contributed by atoms with van der Waals surface area (Å²) < 4.78 is 18.0. The van der Waals surface area contributed by atoms with E-state index in [1.54, 1.807) is 14.1 Å². The highest BCUT2D eigenvalue weighted by molar-refractivity contribution is 5.77. The number of amides is 1. The van der Waals surface area contributed by atoms with E-state index in [0.717, 1.165) is 6.07 Å². The van der Waals surface area contributed by atoms with Crippen LogP contribution in [0.4, 0.5) is 10.1 Å². The summed E-state index contributed by atoms with van der Waals surface area (Å²) in [6, 6.07) is 4.06. The van der Waals surface area contributed by atoms with E-state index in [2.05, 4.69) is 0 Å². The molecule has 0 spiro atoms. The molecule has 2 N–H and O–H groups in total. The first-order chi connectivity index (χ1) is 7.00. The molecular weight excluding hydrogens is 199 g/mol. The van der Waals surface area contributed by atoms with Gasteiger partial charge in [0, 0.05) is 20.2 Å². The number of anilines is 1. The number of hydrogen-bond acceptors (Lipinski definition) is 3. The van der Waals surface area contributed by atoms with Crippen LogP contribution >= 0.6 is 0 Å². The van der Waals surface area contributed by atoms with Crippen LogP contribution in [0.5, 0.6) is 5.75 Å². The molecule has 4 nitrogen and oxygen atoms in total. The smallest absolute Gasteiger partial charge is 0.259 e. The lowest BCUT2D eigenvalue weighted by molar-refractivity contribution is -0.130. The summed E-state index contributed by atoms with van der Waals surface area (Å²) in [6.07, 6.45) is 0. The summed E-state index contributed by atoms with van der Waals surface area (Å²) in [4.78, 5) is 12.5. The lowest BCUT2D eigenvalue weighted by Crippen LogP contribution is -2.27. The number of ether oxygens (including phenoxy) is 1. The highest BCUT2D eigenvalue weighted by Gasteiger charge is 2.06. The number of benzene rings is 1. The fraction of sp³-hybridized carbons (Fsp3) is 0.300. The van der Waals surface area contributed by atoms with Gasteiger partial charge < -0.3 is 15.4 Å². The average molecular weight is 212 g/mol. The molecule has 0 unspecified atom stereocenters. The molecule has 0 aliphatic rings. The second kappa shape index (κ2) is 4.63. The molecule has 0 heterocycles. The third-order valence-electron chi connectivity index (χ3n) is 1.83. The Balaban J connectivity index is 2.58. The molecule has 0 saturated heterocycles. The van der Waals surface area contributed by atoms with E-state index in [0.29, 0.717) is 0 Å². The first-order valence-electron chi connectivity index (χ1n) is 4.38. The third-order valence-corrected chi connectivity index (χ3v) is 1.83. The van der Waals surface area contributed by atoms with Crippen LogP contribution in [0.2, 0.25) is 0 Å². The van der Waals surface area contributed by atoms with E-state index in [-0.39, 0.29) is 24.0 Å². The molecule has 0 aliphatic carbocycles. The fourth-order valence-corrected chi connectivity index (χ4v) is 0.872. The normalized spacial score (nSPS) is 9.80. The average Bonchev–Trinajstić information content (AvgIpc) is 2.19. The number of nitrogens with zero attached hydrogens (tertiary/aromatic N) is 1. The zero-order chi connectivity index (χ0) is 11.4. The Morgan fingerprint density at radius 2 is 2.20 bits per heavy atom. The molecule has 0 aromatic heterocycles. The van der Waals surface area contributed by atoms with Crippen LogP contribution in [-0.4, -0.2) is 31.5 Å². The first-order valence-corrected chi connectivity index (χ1v) is 4.38. The van der Waals surface area contributed by atoms with Gasteiger partial charge in [0.05, 0.1) is 5.69 Å². The largest absolute Gasteiger partial charge is 0.484 e. The van der Waals surface area contributed by atoms with Gasteiger partial charge in [0.15, 0.2) is 6.61 Å². The van der Waals surface area contributed by atoms with E-state index in [1.165, 1.54) is 17.0 Å². The second-order valence-electron chi connectivity index (χ2n) is 3.26. The highest BCUT2D eigenvalue weighted by atomic mass is 19.1. The van der Waals surface area contributed by atoms with Gasteiger partial charge in [-0.05, 0) is 12.1 Å². The quantitative estimate of drug-likeness (QED) is 0.756. The molecule has 5 heteroatoms. The summed E-state index contributed by atoms with van der Waals surface area (Å²) in [5.74, 6) is -0.450. The van der Waals surface area contributed by atoms with Crippen molar-refractivity contribution in [1.29, 1.82) is 0 Å². The zero-order valence-corrected chi connectivity index (χ0v) is 8.66. The van der Waals surface area contributed by atoms with Crippen molar-refractivity contribution in [2.24, 2.45) is 0 Å². The zero-order valence-electron chi connectivity index (χ0n) is 8.66. The number of likely N-dealkylation sites (N-methyl/N-ethyl adjacent to an activating group) is 1. The standard InChI is InChI=1S/C10H13FN2O2/c1-13(2)10(14)6-15-7-3-4-9(12)8(11)5-7/h3-5H,6,12H2,1-2H3. The summed E-state index contributed by atoms with van der Waals surface area (Å²) >= 11 is 0. The monoisotopic (exact) mass is 212 g/mol. The van der Waals surface area contributed by atoms with E-state index >= 15 is 0 Å². The van der Waals surface area contributed by atoms with Crippen LogP contribution in [0, 0.1) is 5.82 Å². The summed E-state index contributed by atoms with van der Waals surface area (Å²) in [7, 11) is 3.24. The lowest BCUT2D eigenvalue weighted by atomic mass is 10.3. The summed E-state index contributed by atoms with van der Waals surface area (Å²) in [6.45, 7) is -0.115. The number of halogens is 1. The van der Waals surface area contributed by atoms with Gasteiger partial charge in [-0.1, -0.05) is 0 Å². The lowest BCUT2D eigenvalue weighted by Gasteiger charge is -2.11. The molecule has 0 aliphatic heterocycles. The Morgan fingerprint density at radius 3 is 2.73 bits per heavy atom. The number of rotatable bonds is 3. The Hall–Kier alpha value is -1.78. The van der Waals surface area contributed by atoms with E-state index < -0.39 is 5.82 Å². The van der Waals surface area contributed by atoms with Crippen LogP contribution in [0.15, 0.2) is 18.2 Å². The van der Waals surface area contributed by atoms with Crippen LogP contribution < -0.4 is 10.5 Å². The maximum Gasteiger partial charge on any atom is 0.259 e. The summed E-state index contributed by atoms with van der Waals surface area (Å²) in [5, 5.41) is 0. The minimum atomic E-state index is -0.551. The van der Waals surface area contributed by atoms with Crippen LogP contribution in [0.25, 0.3) is 0 Å². The first kappa shape index (κ1) is 11.3. The maximum absolute atomic E-state index is 13.0. The molecule has 82 valence electrons. The Bertz CT molecular complexity index is 366. The molecule has 15 heavy (non-hydrogen) atoms. The minimum absolute atomic E-state index is 0.0567. The molecule has 0 fully saturated rings. The molecule has 1 amide bonds. The van der Waals surface area contributed by atoms with Crippen molar-refractivity contribution < 1.29 is 13.9 Å². The van der Waals surface area contributed by atoms with Gasteiger partial charge in [-0.2, -0.15) is 0 Å². The van der Waals surface area contributed by atoms with Crippen molar-refractivity contribution in [3.8, 4) is 5.75 Å². The Kier molecular flexibility index (Phi) is 3.49. The number of carbonyl (C=O) groups is 1. The van der Waals surface area contributed by atoms with Gasteiger partial charge in [0.1, 0.15) is 11.6 Å². The number of carbonyl (C=O) groups excluding carboxylic acids is 1. The van der Waals surface area contributed by atoms with Gasteiger partial charge in [0.25, 0.3) is 5.91 Å². The number of nitrogen functional groups attached to an aromatic ring is 1.